The third-order valence-corrected chi connectivity index (χ3v) is 6.73. The quantitative estimate of drug-likeness (QED) is 0.0809. The molecule has 0 bridgehead atoms. The smallest absolute Gasteiger partial charge is 0.407 e. The first-order valence-corrected chi connectivity index (χ1v) is 14.8. The molecule has 0 aliphatic heterocycles. The Balaban J connectivity index is 1.15. The van der Waals surface area contributed by atoms with Gasteiger partial charge in [-0.15, -0.1) is 11.6 Å². The van der Waals surface area contributed by atoms with E-state index >= 15 is 0 Å². The number of carbonyl (C=O) groups excluding carboxylic acids is 1. The SMILES string of the molecule is CN(CCOC(=O)NCCOCCOCCCCCCCl)c1ccc2nc(/C=C(\C#N)c3nc4ccccc4o3)oc2c1. The summed E-state index contributed by atoms with van der Waals surface area (Å²) in [6.45, 7) is 3.13. The van der Waals surface area contributed by atoms with E-state index < -0.39 is 6.09 Å². The van der Waals surface area contributed by atoms with Crippen LogP contribution in [0.5, 0.6) is 0 Å². The number of benzene rings is 2. The lowest BCUT2D eigenvalue weighted by atomic mass is 10.2. The van der Waals surface area contributed by atoms with E-state index in [0.717, 1.165) is 38.0 Å². The molecule has 1 amide bonds. The van der Waals surface area contributed by atoms with Crippen LogP contribution < -0.4 is 10.2 Å². The van der Waals surface area contributed by atoms with E-state index in [2.05, 4.69) is 21.4 Å². The molecule has 0 radical (unpaired) electrons. The van der Waals surface area contributed by atoms with Crippen molar-refractivity contribution in [2.75, 3.05) is 64.0 Å². The van der Waals surface area contributed by atoms with Crippen LogP contribution in [0, 0.1) is 11.3 Å². The van der Waals surface area contributed by atoms with Gasteiger partial charge in [0.1, 0.15) is 29.3 Å². The third-order valence-electron chi connectivity index (χ3n) is 6.46. The predicted molar refractivity (Wildman–Crippen MR) is 165 cm³/mol. The number of unbranched alkanes of at least 4 members (excludes halogenated alkanes) is 3. The van der Waals surface area contributed by atoms with E-state index in [-0.39, 0.29) is 24.0 Å². The zero-order valence-electron chi connectivity index (χ0n) is 24.2. The number of amides is 1. The Hall–Kier alpha value is -4.11. The van der Waals surface area contributed by atoms with Crippen LogP contribution in [0.25, 0.3) is 33.8 Å². The molecule has 0 saturated carbocycles. The minimum Gasteiger partial charge on any atom is -0.448 e. The molecule has 0 aliphatic rings. The van der Waals surface area contributed by atoms with E-state index in [0.29, 0.717) is 61.0 Å². The molecule has 4 rings (SSSR count). The number of alkyl halides is 1. The molecule has 0 spiro atoms. The van der Waals surface area contributed by atoms with Gasteiger partial charge in [0.25, 0.3) is 0 Å². The average molecular weight is 610 g/mol. The molecular weight excluding hydrogens is 574 g/mol. The number of oxazole rings is 2. The summed E-state index contributed by atoms with van der Waals surface area (Å²) in [5.41, 5.74) is 3.51. The summed E-state index contributed by atoms with van der Waals surface area (Å²) in [6.07, 6.45) is 5.34. The Bertz CT molecular complexity index is 1490. The van der Waals surface area contributed by atoms with E-state index in [4.69, 9.17) is 34.6 Å². The van der Waals surface area contributed by atoms with Crippen LogP contribution in [0.1, 0.15) is 37.5 Å². The molecule has 0 atom stereocenters. The number of ether oxygens (including phenoxy) is 3. The first-order valence-electron chi connectivity index (χ1n) is 14.3. The molecule has 4 aromatic rings. The molecule has 2 heterocycles. The molecule has 228 valence electrons. The summed E-state index contributed by atoms with van der Waals surface area (Å²) in [5, 5.41) is 12.3. The number of nitriles is 1. The van der Waals surface area contributed by atoms with E-state index in [1.807, 2.05) is 48.3 Å². The van der Waals surface area contributed by atoms with Crippen molar-refractivity contribution in [3.8, 4) is 6.07 Å². The Morgan fingerprint density at radius 2 is 1.77 bits per heavy atom. The van der Waals surface area contributed by atoms with E-state index in [1.54, 1.807) is 6.07 Å². The van der Waals surface area contributed by atoms with Crippen LogP contribution in [0.4, 0.5) is 10.5 Å². The van der Waals surface area contributed by atoms with Gasteiger partial charge in [0, 0.05) is 43.9 Å². The Labute approximate surface area is 255 Å². The summed E-state index contributed by atoms with van der Waals surface area (Å²) >= 11 is 5.66. The fourth-order valence-corrected chi connectivity index (χ4v) is 4.33. The fourth-order valence-electron chi connectivity index (χ4n) is 4.14. The highest BCUT2D eigenvalue weighted by molar-refractivity contribution is 6.17. The molecule has 2 aromatic heterocycles. The number of fused-ring (bicyclic) bond motifs is 2. The van der Waals surface area contributed by atoms with Crippen LogP contribution in [-0.4, -0.2) is 75.1 Å². The van der Waals surface area contributed by atoms with Crippen molar-refractivity contribution in [3.63, 3.8) is 0 Å². The summed E-state index contributed by atoms with van der Waals surface area (Å²) in [7, 11) is 1.89. The van der Waals surface area contributed by atoms with Gasteiger partial charge in [0.15, 0.2) is 11.2 Å². The predicted octanol–water partition coefficient (Wildman–Crippen LogP) is 6.03. The van der Waals surface area contributed by atoms with Gasteiger partial charge in [-0.05, 0) is 37.1 Å². The lowest BCUT2D eigenvalue weighted by Gasteiger charge is -2.19. The molecule has 1 N–H and O–H groups in total. The Kier molecular flexibility index (Phi) is 12.7. The third kappa shape index (κ3) is 9.99. The number of nitrogens with one attached hydrogen (secondary N) is 1. The number of aromatic nitrogens is 2. The lowest BCUT2D eigenvalue weighted by Crippen LogP contribution is -2.31. The second kappa shape index (κ2) is 17.1. The molecule has 2 aromatic carbocycles. The summed E-state index contributed by atoms with van der Waals surface area (Å²) < 4.78 is 27.8. The number of halogens is 1. The van der Waals surface area contributed by atoms with Gasteiger partial charge in [0.2, 0.25) is 11.8 Å². The molecule has 0 saturated heterocycles. The number of carbonyl (C=O) groups is 1. The molecule has 12 heteroatoms. The number of para-hydroxylation sites is 2. The number of hydrogen-bond donors (Lipinski definition) is 1. The maximum atomic E-state index is 12.0. The van der Waals surface area contributed by atoms with Crippen molar-refractivity contribution in [3.05, 3.63) is 54.2 Å². The topological polar surface area (TPSA) is 136 Å². The number of likely N-dealkylation sites (N-methyl/N-ethyl adjacent to an activating group) is 1. The van der Waals surface area contributed by atoms with Crippen LogP contribution in [0.2, 0.25) is 0 Å². The average Bonchev–Trinajstić information content (AvgIpc) is 3.63. The van der Waals surface area contributed by atoms with E-state index in [1.165, 1.54) is 6.08 Å². The standard InChI is InChI=1S/C31H36ClN5O6/c1-37(14-17-41-31(38)34-13-16-40-19-18-39-15-7-3-2-6-12-32)24-10-11-26-28(21-24)42-29(35-26)20-23(22-33)30-36-25-8-4-5-9-27(25)43-30/h4-5,8-11,20-21H,2-3,6-7,12-19H2,1H3,(H,34,38)/b23-20+. The Morgan fingerprint density at radius 1 is 0.977 bits per heavy atom. The van der Waals surface area contributed by atoms with Gasteiger partial charge in [-0.2, -0.15) is 5.26 Å². The number of anilines is 1. The van der Waals surface area contributed by atoms with Crippen molar-refractivity contribution >= 4 is 57.2 Å². The van der Waals surface area contributed by atoms with Crippen molar-refractivity contribution in [1.29, 1.82) is 5.26 Å². The van der Waals surface area contributed by atoms with E-state index in [9.17, 15) is 10.1 Å². The lowest BCUT2D eigenvalue weighted by molar-refractivity contribution is 0.0469. The number of rotatable bonds is 18. The first kappa shape index (κ1) is 31.8. The fraction of sp³-hybridized carbons (Fsp3) is 0.419. The first-order chi connectivity index (χ1) is 21.1. The molecule has 0 fully saturated rings. The highest BCUT2D eigenvalue weighted by atomic mass is 35.5. The van der Waals surface area contributed by atoms with Gasteiger partial charge in [0.05, 0.1) is 26.4 Å². The second-order valence-corrected chi connectivity index (χ2v) is 10.1. The zero-order valence-corrected chi connectivity index (χ0v) is 25.0. The normalized spacial score (nSPS) is 11.6. The molecule has 0 aliphatic carbocycles. The van der Waals surface area contributed by atoms with Crippen molar-refractivity contribution in [1.82, 2.24) is 15.3 Å². The van der Waals surface area contributed by atoms with Gasteiger partial charge in [-0.25, -0.2) is 14.8 Å². The minimum absolute atomic E-state index is 0.195. The summed E-state index contributed by atoms with van der Waals surface area (Å²) in [6, 6.07) is 15.0. The number of alkyl carbamates (subject to hydrolysis) is 1. The van der Waals surface area contributed by atoms with Crippen LogP contribution in [0.15, 0.2) is 51.3 Å². The highest BCUT2D eigenvalue weighted by Crippen LogP contribution is 2.26. The van der Waals surface area contributed by atoms with Crippen LogP contribution in [-0.2, 0) is 14.2 Å². The number of allylic oxidation sites excluding steroid dienone is 1. The monoisotopic (exact) mass is 609 g/mol. The largest absolute Gasteiger partial charge is 0.448 e. The minimum atomic E-state index is -0.500. The van der Waals surface area contributed by atoms with Crippen molar-refractivity contribution < 1.29 is 27.8 Å². The zero-order chi connectivity index (χ0) is 30.3. The van der Waals surface area contributed by atoms with Crippen LogP contribution in [0.3, 0.4) is 0 Å². The molecule has 0 unspecified atom stereocenters. The maximum Gasteiger partial charge on any atom is 0.407 e. The molecule has 43 heavy (non-hydrogen) atoms. The highest BCUT2D eigenvalue weighted by Gasteiger charge is 2.14. The molecule has 11 nitrogen and oxygen atoms in total. The number of hydrogen-bond acceptors (Lipinski definition) is 10. The summed E-state index contributed by atoms with van der Waals surface area (Å²) in [5.74, 6) is 1.18. The second-order valence-electron chi connectivity index (χ2n) is 9.67. The number of nitrogens with zero attached hydrogens (tertiary/aromatic N) is 4. The van der Waals surface area contributed by atoms with Crippen molar-refractivity contribution in [2.45, 2.75) is 25.7 Å². The molecular formula is C31H36ClN5O6. The maximum absolute atomic E-state index is 12.0. The Morgan fingerprint density at radius 3 is 2.58 bits per heavy atom. The van der Waals surface area contributed by atoms with Crippen molar-refractivity contribution in [2.24, 2.45) is 0 Å². The van der Waals surface area contributed by atoms with Crippen LogP contribution >= 0.6 is 11.6 Å². The van der Waals surface area contributed by atoms with Gasteiger partial charge in [-0.1, -0.05) is 25.0 Å². The summed E-state index contributed by atoms with van der Waals surface area (Å²) in [4.78, 5) is 22.7. The van der Waals surface area contributed by atoms with Gasteiger partial charge < -0.3 is 33.3 Å². The van der Waals surface area contributed by atoms with Gasteiger partial charge >= 0.3 is 6.09 Å². The van der Waals surface area contributed by atoms with Gasteiger partial charge in [-0.3, -0.25) is 0 Å².